The predicted octanol–water partition coefficient (Wildman–Crippen LogP) is 2.77. The fourth-order valence-electron chi connectivity index (χ4n) is 2.77. The van der Waals surface area contributed by atoms with Gasteiger partial charge in [-0.2, -0.15) is 5.10 Å². The number of hydrogen-bond acceptors (Lipinski definition) is 3. The number of rotatable bonds is 3. The van der Waals surface area contributed by atoms with Crippen LogP contribution in [0.5, 0.6) is 0 Å². The normalized spacial score (nSPS) is 26.0. The first kappa shape index (κ1) is 14.9. The van der Waals surface area contributed by atoms with Crippen LogP contribution >= 0.6 is 11.6 Å². The Hall–Kier alpha value is -1.47. The summed E-state index contributed by atoms with van der Waals surface area (Å²) >= 11 is 6.11. The van der Waals surface area contributed by atoms with Crippen LogP contribution in [-0.4, -0.2) is 15.8 Å². The monoisotopic (exact) mass is 293 g/mol. The summed E-state index contributed by atoms with van der Waals surface area (Å²) in [6.07, 6.45) is 10.2. The minimum absolute atomic E-state index is 0.154. The van der Waals surface area contributed by atoms with Gasteiger partial charge in [0.15, 0.2) is 0 Å². The lowest BCUT2D eigenvalue weighted by molar-refractivity contribution is 0.253. The zero-order valence-electron chi connectivity index (χ0n) is 11.9. The summed E-state index contributed by atoms with van der Waals surface area (Å²) in [5.41, 5.74) is 0.170. The minimum atomic E-state index is -0.249. The Bertz CT molecular complexity index is 575. The fourth-order valence-corrected chi connectivity index (χ4v) is 2.95. The number of nitrogens with zero attached hydrogens (tertiary/aromatic N) is 2. The first-order valence-electron chi connectivity index (χ1n) is 7.00. The Morgan fingerprint density at radius 2 is 2.30 bits per heavy atom. The van der Waals surface area contributed by atoms with E-state index in [1.165, 1.54) is 23.7 Å². The van der Waals surface area contributed by atoms with Gasteiger partial charge in [0.2, 0.25) is 0 Å². The van der Waals surface area contributed by atoms with E-state index in [-0.39, 0.29) is 18.1 Å². The van der Waals surface area contributed by atoms with Crippen molar-refractivity contribution in [2.75, 3.05) is 5.32 Å². The number of hydrogen-bond donors (Lipinski definition) is 1. The SMILES string of the molecule is C#CCn1ncc(Cl)c(NC2CCCC(C)C2C)c1=O. The maximum atomic E-state index is 12.3. The van der Waals surface area contributed by atoms with E-state index >= 15 is 0 Å². The number of aromatic nitrogens is 2. The Kier molecular flexibility index (Phi) is 4.72. The van der Waals surface area contributed by atoms with Crippen molar-refractivity contribution in [2.45, 2.75) is 45.7 Å². The molecule has 3 atom stereocenters. The smallest absolute Gasteiger partial charge is 0.292 e. The van der Waals surface area contributed by atoms with Crippen LogP contribution in [0, 0.1) is 24.2 Å². The van der Waals surface area contributed by atoms with Crippen molar-refractivity contribution in [3.63, 3.8) is 0 Å². The summed E-state index contributed by atoms with van der Waals surface area (Å²) in [6.45, 7) is 4.63. The summed E-state index contributed by atoms with van der Waals surface area (Å²) < 4.78 is 1.26. The molecule has 1 aromatic rings. The molecule has 4 nitrogen and oxygen atoms in total. The highest BCUT2D eigenvalue weighted by atomic mass is 35.5. The number of nitrogens with one attached hydrogen (secondary N) is 1. The van der Waals surface area contributed by atoms with Crippen LogP contribution < -0.4 is 10.9 Å². The third kappa shape index (κ3) is 2.99. The van der Waals surface area contributed by atoms with Crippen LogP contribution in [-0.2, 0) is 6.54 Å². The van der Waals surface area contributed by atoms with Crippen molar-refractivity contribution < 1.29 is 0 Å². The molecule has 0 aromatic carbocycles. The van der Waals surface area contributed by atoms with Gasteiger partial charge < -0.3 is 5.32 Å². The molecule has 1 fully saturated rings. The molecule has 0 radical (unpaired) electrons. The van der Waals surface area contributed by atoms with Gasteiger partial charge >= 0.3 is 0 Å². The molecule has 0 bridgehead atoms. The summed E-state index contributed by atoms with van der Waals surface area (Å²) in [5.74, 6) is 3.58. The van der Waals surface area contributed by atoms with Crippen molar-refractivity contribution in [2.24, 2.45) is 11.8 Å². The maximum Gasteiger partial charge on any atom is 0.292 e. The van der Waals surface area contributed by atoms with E-state index in [0.29, 0.717) is 22.5 Å². The Labute approximate surface area is 124 Å². The van der Waals surface area contributed by atoms with E-state index in [4.69, 9.17) is 18.0 Å². The molecule has 1 saturated carbocycles. The molecule has 2 rings (SSSR count). The Balaban J connectivity index is 2.27. The van der Waals surface area contributed by atoms with Gasteiger partial charge in [0.05, 0.1) is 11.2 Å². The lowest BCUT2D eigenvalue weighted by Gasteiger charge is -2.35. The van der Waals surface area contributed by atoms with Crippen molar-refractivity contribution in [3.8, 4) is 12.3 Å². The summed E-state index contributed by atoms with van der Waals surface area (Å²) in [5, 5.41) is 7.62. The molecule has 1 heterocycles. The average Bonchev–Trinajstić information content (AvgIpc) is 2.42. The van der Waals surface area contributed by atoms with Crippen LogP contribution in [0.1, 0.15) is 33.1 Å². The Morgan fingerprint density at radius 1 is 1.55 bits per heavy atom. The summed E-state index contributed by atoms with van der Waals surface area (Å²) in [7, 11) is 0. The van der Waals surface area contributed by atoms with Crippen LogP contribution in [0.15, 0.2) is 11.0 Å². The van der Waals surface area contributed by atoms with E-state index in [2.05, 4.69) is 30.2 Å². The molecule has 1 aromatic heterocycles. The molecule has 3 unspecified atom stereocenters. The quantitative estimate of drug-likeness (QED) is 0.872. The average molecular weight is 294 g/mol. The van der Waals surface area contributed by atoms with Gasteiger partial charge in [-0.15, -0.1) is 6.42 Å². The molecule has 108 valence electrons. The molecule has 0 amide bonds. The first-order valence-corrected chi connectivity index (χ1v) is 7.38. The van der Waals surface area contributed by atoms with E-state index < -0.39 is 0 Å². The lowest BCUT2D eigenvalue weighted by Crippen LogP contribution is -2.38. The zero-order chi connectivity index (χ0) is 14.7. The fraction of sp³-hybridized carbons (Fsp3) is 0.600. The third-order valence-corrected chi connectivity index (χ3v) is 4.56. The van der Waals surface area contributed by atoms with Crippen molar-refractivity contribution in [1.29, 1.82) is 0 Å². The highest BCUT2D eigenvalue weighted by Crippen LogP contribution is 2.32. The second-order valence-corrected chi connectivity index (χ2v) is 5.96. The standard InChI is InChI=1S/C15H20ClN3O/c1-4-8-19-15(20)14(12(16)9-17-19)18-13-7-5-6-10(2)11(13)3/h1,9-11,13,18H,5-8H2,2-3H3. The van der Waals surface area contributed by atoms with Crippen LogP contribution in [0.2, 0.25) is 5.02 Å². The van der Waals surface area contributed by atoms with Crippen molar-refractivity contribution in [1.82, 2.24) is 9.78 Å². The molecular formula is C15H20ClN3O. The second kappa shape index (κ2) is 6.32. The van der Waals surface area contributed by atoms with Crippen LogP contribution in [0.3, 0.4) is 0 Å². The van der Waals surface area contributed by atoms with Gasteiger partial charge in [-0.25, -0.2) is 4.68 Å². The molecule has 0 aliphatic heterocycles. The van der Waals surface area contributed by atoms with E-state index in [1.807, 2.05) is 0 Å². The van der Waals surface area contributed by atoms with E-state index in [1.54, 1.807) is 0 Å². The molecule has 1 N–H and O–H groups in total. The van der Waals surface area contributed by atoms with Gasteiger partial charge in [0, 0.05) is 6.04 Å². The first-order chi connectivity index (χ1) is 9.54. The molecule has 20 heavy (non-hydrogen) atoms. The third-order valence-electron chi connectivity index (χ3n) is 4.28. The van der Waals surface area contributed by atoms with Gasteiger partial charge in [0.25, 0.3) is 5.56 Å². The van der Waals surface area contributed by atoms with E-state index in [0.717, 1.165) is 6.42 Å². The highest BCUT2D eigenvalue weighted by Gasteiger charge is 2.28. The molecule has 1 aliphatic rings. The van der Waals surface area contributed by atoms with Gasteiger partial charge in [-0.1, -0.05) is 44.2 Å². The van der Waals surface area contributed by atoms with Crippen molar-refractivity contribution >= 4 is 17.3 Å². The van der Waals surface area contributed by atoms with Gasteiger partial charge in [-0.3, -0.25) is 4.79 Å². The van der Waals surface area contributed by atoms with Crippen LogP contribution in [0.4, 0.5) is 5.69 Å². The number of halogens is 1. The second-order valence-electron chi connectivity index (χ2n) is 5.55. The number of anilines is 1. The topological polar surface area (TPSA) is 46.9 Å². The molecule has 5 heteroatoms. The lowest BCUT2D eigenvalue weighted by atomic mass is 9.78. The molecule has 0 saturated heterocycles. The number of terminal acetylenes is 1. The Morgan fingerprint density at radius 3 is 3.00 bits per heavy atom. The largest absolute Gasteiger partial charge is 0.376 e. The molecule has 0 spiro atoms. The maximum absolute atomic E-state index is 12.3. The van der Waals surface area contributed by atoms with Crippen LogP contribution in [0.25, 0.3) is 0 Å². The zero-order valence-corrected chi connectivity index (χ0v) is 12.7. The molecule has 1 aliphatic carbocycles. The summed E-state index contributed by atoms with van der Waals surface area (Å²) in [4.78, 5) is 12.3. The van der Waals surface area contributed by atoms with E-state index in [9.17, 15) is 4.79 Å². The van der Waals surface area contributed by atoms with Gasteiger partial charge in [-0.05, 0) is 18.3 Å². The molecular weight excluding hydrogens is 274 g/mol. The minimum Gasteiger partial charge on any atom is -0.376 e. The predicted molar refractivity (Wildman–Crippen MR) is 81.9 cm³/mol. The highest BCUT2D eigenvalue weighted by molar-refractivity contribution is 6.33. The van der Waals surface area contributed by atoms with Crippen molar-refractivity contribution in [3.05, 3.63) is 21.6 Å². The summed E-state index contributed by atoms with van der Waals surface area (Å²) in [6, 6.07) is 0.269. The van der Waals surface area contributed by atoms with Gasteiger partial charge in [0.1, 0.15) is 12.2 Å².